The second kappa shape index (κ2) is 8.99. The van der Waals surface area contributed by atoms with Crippen molar-refractivity contribution >= 4 is 40.8 Å². The average Bonchev–Trinajstić information content (AvgIpc) is 3.48. The number of ether oxygens (including phenoxy) is 2. The van der Waals surface area contributed by atoms with Gasteiger partial charge in [0.15, 0.2) is 6.23 Å². The third-order valence-corrected chi connectivity index (χ3v) is 5.94. The highest BCUT2D eigenvalue weighted by atomic mass is 32.1. The zero-order valence-corrected chi connectivity index (χ0v) is 18.4. The Morgan fingerprint density at radius 1 is 1.28 bits per heavy atom. The van der Waals surface area contributed by atoms with Crippen molar-refractivity contribution in [3.8, 4) is 0 Å². The van der Waals surface area contributed by atoms with Crippen LogP contribution in [0.15, 0.2) is 35.0 Å². The van der Waals surface area contributed by atoms with Gasteiger partial charge in [0.25, 0.3) is 11.1 Å². The molecular formula is C20H22FN5O5S. The van der Waals surface area contributed by atoms with Crippen molar-refractivity contribution in [3.63, 3.8) is 0 Å². The lowest BCUT2D eigenvalue weighted by atomic mass is 10.2. The molecule has 1 unspecified atom stereocenters. The Bertz CT molecular complexity index is 1010. The number of amides is 2. The van der Waals surface area contributed by atoms with Crippen LogP contribution in [-0.4, -0.2) is 85.2 Å². The maximum absolute atomic E-state index is 15.0. The number of rotatable bonds is 4. The molecule has 10 nitrogen and oxygen atoms in total. The number of aromatic nitrogens is 1. The zero-order chi connectivity index (χ0) is 22.8. The highest BCUT2D eigenvalue weighted by Gasteiger charge is 2.36. The Morgan fingerprint density at radius 3 is 2.66 bits per heavy atom. The van der Waals surface area contributed by atoms with E-state index in [-0.39, 0.29) is 23.4 Å². The zero-order valence-electron chi connectivity index (χ0n) is 17.6. The van der Waals surface area contributed by atoms with Crippen LogP contribution in [0.5, 0.6) is 0 Å². The number of methoxy groups -OCH3 is 1. The van der Waals surface area contributed by atoms with E-state index in [1.165, 1.54) is 35.2 Å². The standard InChI is InChI=1S/C20H22FN5O5S/c1-23(20(32)29-2)17-12-26(19(28)30-17)13-3-4-15(14(21)11-13)24-7-9-25(10-8-24)18(27)16-5-6-22-31-16/h3-6,11,17H,7-10,12H2,1-2H3. The SMILES string of the molecule is COC(=S)N(C)C1CN(c2ccc(N3CCN(C(=O)c4ccno4)CC3)c(F)c2)C(=O)O1. The van der Waals surface area contributed by atoms with Crippen LogP contribution in [0.3, 0.4) is 0 Å². The van der Waals surface area contributed by atoms with E-state index in [9.17, 15) is 14.0 Å². The van der Waals surface area contributed by atoms with Gasteiger partial charge in [-0.25, -0.2) is 9.18 Å². The summed E-state index contributed by atoms with van der Waals surface area (Å²) >= 11 is 5.06. The second-order valence-electron chi connectivity index (χ2n) is 7.32. The molecule has 0 N–H and O–H groups in total. The van der Waals surface area contributed by atoms with Crippen LogP contribution >= 0.6 is 12.2 Å². The summed E-state index contributed by atoms with van der Waals surface area (Å²) in [6.07, 6.45) is 0.197. The van der Waals surface area contributed by atoms with Crippen molar-refractivity contribution in [1.29, 1.82) is 0 Å². The van der Waals surface area contributed by atoms with E-state index in [1.54, 1.807) is 24.1 Å². The molecule has 1 aromatic carbocycles. The van der Waals surface area contributed by atoms with Crippen molar-refractivity contribution in [2.75, 3.05) is 56.7 Å². The summed E-state index contributed by atoms with van der Waals surface area (Å²) in [5.41, 5.74) is 0.789. The Labute approximate surface area is 189 Å². The Morgan fingerprint density at radius 2 is 2.03 bits per heavy atom. The summed E-state index contributed by atoms with van der Waals surface area (Å²) in [5.74, 6) is -0.519. The number of carbonyl (C=O) groups is 2. The summed E-state index contributed by atoms with van der Waals surface area (Å²) in [5, 5.41) is 3.74. The Balaban J connectivity index is 1.40. The van der Waals surface area contributed by atoms with Gasteiger partial charge < -0.3 is 23.8 Å². The molecule has 0 aliphatic carbocycles. The molecule has 170 valence electrons. The highest BCUT2D eigenvalue weighted by Crippen LogP contribution is 2.29. The number of carbonyl (C=O) groups excluding carboxylic acids is 2. The number of piperazine rings is 1. The van der Waals surface area contributed by atoms with Crippen LogP contribution in [-0.2, 0) is 9.47 Å². The van der Waals surface area contributed by atoms with Crippen molar-refractivity contribution < 1.29 is 28.0 Å². The fraction of sp³-hybridized carbons (Fsp3) is 0.400. The molecule has 3 heterocycles. The van der Waals surface area contributed by atoms with Crippen LogP contribution < -0.4 is 9.80 Å². The molecular weight excluding hydrogens is 441 g/mol. The van der Waals surface area contributed by atoms with E-state index in [2.05, 4.69) is 5.16 Å². The Hall–Kier alpha value is -3.41. The van der Waals surface area contributed by atoms with Crippen molar-refractivity contribution in [3.05, 3.63) is 42.0 Å². The van der Waals surface area contributed by atoms with Gasteiger partial charge in [-0.05, 0) is 30.4 Å². The third kappa shape index (κ3) is 4.17. The van der Waals surface area contributed by atoms with Crippen molar-refractivity contribution in [2.45, 2.75) is 6.23 Å². The number of hydrogen-bond donors (Lipinski definition) is 0. The van der Waals surface area contributed by atoms with Gasteiger partial charge >= 0.3 is 6.09 Å². The van der Waals surface area contributed by atoms with Crippen LogP contribution in [0.1, 0.15) is 10.6 Å². The van der Waals surface area contributed by atoms with Crippen LogP contribution in [0.4, 0.5) is 20.6 Å². The molecule has 32 heavy (non-hydrogen) atoms. The molecule has 2 saturated heterocycles. The number of likely N-dealkylation sites (N-methyl/N-ethyl adjacent to an activating group) is 1. The van der Waals surface area contributed by atoms with E-state index in [0.29, 0.717) is 37.6 Å². The first-order chi connectivity index (χ1) is 15.4. The minimum Gasteiger partial charge on any atom is -0.474 e. The first-order valence-corrected chi connectivity index (χ1v) is 10.3. The number of nitrogens with zero attached hydrogens (tertiary/aromatic N) is 5. The van der Waals surface area contributed by atoms with Gasteiger partial charge in [0.05, 0.1) is 31.2 Å². The van der Waals surface area contributed by atoms with Gasteiger partial charge in [-0.2, -0.15) is 0 Å². The highest BCUT2D eigenvalue weighted by molar-refractivity contribution is 7.80. The quantitative estimate of drug-likeness (QED) is 0.631. The van der Waals surface area contributed by atoms with Gasteiger partial charge in [0.2, 0.25) is 5.76 Å². The molecule has 2 aliphatic rings. The first kappa shape index (κ1) is 21.8. The lowest BCUT2D eigenvalue weighted by Gasteiger charge is -2.35. The van der Waals surface area contributed by atoms with Crippen molar-refractivity contribution in [2.24, 2.45) is 0 Å². The molecule has 0 saturated carbocycles. The number of thiocarbonyl (C=S) groups is 1. The molecule has 2 aromatic rings. The molecule has 2 fully saturated rings. The van der Waals surface area contributed by atoms with Crippen LogP contribution in [0.2, 0.25) is 0 Å². The van der Waals surface area contributed by atoms with E-state index in [1.807, 2.05) is 4.90 Å². The molecule has 1 atom stereocenters. The number of anilines is 2. The minimum absolute atomic E-state index is 0.181. The van der Waals surface area contributed by atoms with Crippen LogP contribution in [0.25, 0.3) is 0 Å². The van der Waals surface area contributed by atoms with Gasteiger partial charge in [-0.3, -0.25) is 14.6 Å². The normalized spacial score (nSPS) is 18.5. The predicted molar refractivity (Wildman–Crippen MR) is 116 cm³/mol. The second-order valence-corrected chi connectivity index (χ2v) is 7.67. The molecule has 2 amide bonds. The molecule has 4 rings (SSSR count). The summed E-state index contributed by atoms with van der Waals surface area (Å²) in [4.78, 5) is 31.0. The fourth-order valence-corrected chi connectivity index (χ4v) is 3.79. The van der Waals surface area contributed by atoms with E-state index in [0.717, 1.165) is 0 Å². The van der Waals surface area contributed by atoms with Gasteiger partial charge in [-0.15, -0.1) is 0 Å². The van der Waals surface area contributed by atoms with E-state index < -0.39 is 18.1 Å². The topological polar surface area (TPSA) is 91.6 Å². The third-order valence-electron chi connectivity index (χ3n) is 5.49. The number of hydrogen-bond acceptors (Lipinski definition) is 8. The smallest absolute Gasteiger partial charge is 0.416 e. The summed E-state index contributed by atoms with van der Waals surface area (Å²) in [7, 11) is 3.09. The largest absolute Gasteiger partial charge is 0.474 e. The maximum atomic E-state index is 15.0. The molecule has 0 spiro atoms. The summed E-state index contributed by atoms with van der Waals surface area (Å²) < 4.78 is 30.2. The number of halogens is 1. The fourth-order valence-electron chi connectivity index (χ4n) is 3.67. The van der Waals surface area contributed by atoms with Crippen molar-refractivity contribution in [1.82, 2.24) is 15.0 Å². The molecule has 0 radical (unpaired) electrons. The molecule has 0 bridgehead atoms. The molecule has 12 heteroatoms. The average molecular weight is 463 g/mol. The lowest BCUT2D eigenvalue weighted by Crippen LogP contribution is -2.49. The first-order valence-electron chi connectivity index (χ1n) is 9.92. The Kier molecular flexibility index (Phi) is 6.12. The summed E-state index contributed by atoms with van der Waals surface area (Å²) in [6, 6.07) is 6.12. The van der Waals surface area contributed by atoms with Gasteiger partial charge in [0.1, 0.15) is 5.82 Å². The predicted octanol–water partition coefficient (Wildman–Crippen LogP) is 1.92. The maximum Gasteiger partial charge on any atom is 0.416 e. The summed E-state index contributed by atoms with van der Waals surface area (Å²) in [6.45, 7) is 1.95. The van der Waals surface area contributed by atoms with E-state index in [4.69, 9.17) is 26.2 Å². The molecule has 2 aliphatic heterocycles. The van der Waals surface area contributed by atoms with E-state index >= 15 is 0 Å². The number of benzene rings is 1. The van der Waals surface area contributed by atoms with Gasteiger partial charge in [-0.1, -0.05) is 5.16 Å². The molecule has 1 aromatic heterocycles. The van der Waals surface area contributed by atoms with Crippen LogP contribution in [0, 0.1) is 5.82 Å². The number of cyclic esters (lactones) is 1. The minimum atomic E-state index is -0.632. The monoisotopic (exact) mass is 463 g/mol. The van der Waals surface area contributed by atoms with Gasteiger partial charge in [0, 0.05) is 39.3 Å². The lowest BCUT2D eigenvalue weighted by molar-refractivity contribution is 0.0677.